The van der Waals surface area contributed by atoms with Crippen LogP contribution in [-0.2, 0) is 0 Å². The molecule has 0 saturated heterocycles. The zero-order valence-electron chi connectivity index (χ0n) is 14.6. The third-order valence-electron chi connectivity index (χ3n) is 3.74. The standard InChI is InChI=1S/C18H18N2O6/c1-22-14-8-16(24-3)15(23-2)7-12(14)9-19-20-18(21)11-4-5-13-17(6-11)26-10-25-13/h4-9H,10H2,1-3H3,(H,20,21). The Labute approximate surface area is 150 Å². The van der Waals surface area contributed by atoms with Gasteiger partial charge in [-0.3, -0.25) is 4.79 Å². The van der Waals surface area contributed by atoms with Crippen LogP contribution in [0.15, 0.2) is 35.4 Å². The third-order valence-corrected chi connectivity index (χ3v) is 3.74. The number of nitrogens with zero attached hydrogens (tertiary/aromatic N) is 1. The second-order valence-corrected chi connectivity index (χ2v) is 5.22. The van der Waals surface area contributed by atoms with E-state index in [2.05, 4.69) is 10.5 Å². The van der Waals surface area contributed by atoms with Crippen LogP contribution in [0.3, 0.4) is 0 Å². The van der Waals surface area contributed by atoms with Crippen molar-refractivity contribution in [3.63, 3.8) is 0 Å². The topological polar surface area (TPSA) is 87.6 Å². The van der Waals surface area contributed by atoms with Crippen LogP contribution >= 0.6 is 0 Å². The molecule has 26 heavy (non-hydrogen) atoms. The first-order chi connectivity index (χ1) is 12.7. The summed E-state index contributed by atoms with van der Waals surface area (Å²) in [6, 6.07) is 8.30. The van der Waals surface area contributed by atoms with Gasteiger partial charge in [0.1, 0.15) is 5.75 Å². The number of methoxy groups -OCH3 is 3. The highest BCUT2D eigenvalue weighted by Crippen LogP contribution is 2.34. The van der Waals surface area contributed by atoms with Gasteiger partial charge < -0.3 is 23.7 Å². The number of rotatable bonds is 6. The fourth-order valence-corrected chi connectivity index (χ4v) is 2.42. The van der Waals surface area contributed by atoms with E-state index < -0.39 is 0 Å². The molecule has 0 saturated carbocycles. The maximum absolute atomic E-state index is 12.2. The van der Waals surface area contributed by atoms with E-state index in [1.165, 1.54) is 27.5 Å². The summed E-state index contributed by atoms with van der Waals surface area (Å²) in [7, 11) is 4.60. The molecule has 0 atom stereocenters. The van der Waals surface area contributed by atoms with E-state index >= 15 is 0 Å². The molecule has 1 heterocycles. The van der Waals surface area contributed by atoms with Crippen LogP contribution in [0.5, 0.6) is 28.7 Å². The summed E-state index contributed by atoms with van der Waals surface area (Å²) in [6.45, 7) is 0.150. The van der Waals surface area contributed by atoms with Crippen molar-refractivity contribution in [3.8, 4) is 28.7 Å². The van der Waals surface area contributed by atoms with Gasteiger partial charge in [0.25, 0.3) is 5.91 Å². The lowest BCUT2D eigenvalue weighted by molar-refractivity contribution is 0.0954. The summed E-state index contributed by atoms with van der Waals surface area (Å²) in [5, 5.41) is 3.98. The first-order valence-electron chi connectivity index (χ1n) is 7.69. The van der Waals surface area contributed by atoms with Crippen LogP contribution < -0.4 is 29.1 Å². The molecule has 0 unspecified atom stereocenters. The summed E-state index contributed by atoms with van der Waals surface area (Å²) in [4.78, 5) is 12.2. The molecule has 0 aromatic heterocycles. The largest absolute Gasteiger partial charge is 0.496 e. The van der Waals surface area contributed by atoms with Crippen LogP contribution in [0.4, 0.5) is 0 Å². The summed E-state index contributed by atoms with van der Waals surface area (Å²) >= 11 is 0. The molecule has 136 valence electrons. The molecule has 0 aliphatic carbocycles. The third kappa shape index (κ3) is 3.49. The van der Waals surface area contributed by atoms with Crippen molar-refractivity contribution in [2.75, 3.05) is 28.1 Å². The first-order valence-corrected chi connectivity index (χ1v) is 7.69. The lowest BCUT2D eigenvalue weighted by Gasteiger charge is -2.11. The van der Waals surface area contributed by atoms with E-state index in [4.69, 9.17) is 23.7 Å². The van der Waals surface area contributed by atoms with Crippen molar-refractivity contribution >= 4 is 12.1 Å². The minimum Gasteiger partial charge on any atom is -0.496 e. The van der Waals surface area contributed by atoms with E-state index in [1.54, 1.807) is 30.3 Å². The predicted octanol–water partition coefficient (Wildman–Crippen LogP) is 2.21. The van der Waals surface area contributed by atoms with Gasteiger partial charge in [0.05, 0.1) is 27.5 Å². The summed E-state index contributed by atoms with van der Waals surface area (Å²) in [5.41, 5.74) is 3.49. The van der Waals surface area contributed by atoms with Gasteiger partial charge in [-0.25, -0.2) is 5.43 Å². The molecule has 1 N–H and O–H groups in total. The molecule has 8 nitrogen and oxygen atoms in total. The van der Waals surface area contributed by atoms with Gasteiger partial charge in [-0.1, -0.05) is 0 Å². The van der Waals surface area contributed by atoms with Crippen LogP contribution in [0.25, 0.3) is 0 Å². The van der Waals surface area contributed by atoms with Crippen LogP contribution in [-0.4, -0.2) is 40.2 Å². The number of hydrazone groups is 1. The fourth-order valence-electron chi connectivity index (χ4n) is 2.42. The predicted molar refractivity (Wildman–Crippen MR) is 93.7 cm³/mol. The average molecular weight is 358 g/mol. The summed E-state index contributed by atoms with van der Waals surface area (Å²) in [5.74, 6) is 2.36. The Balaban J connectivity index is 1.74. The van der Waals surface area contributed by atoms with Crippen molar-refractivity contribution in [3.05, 3.63) is 41.5 Å². The molecule has 8 heteroatoms. The van der Waals surface area contributed by atoms with E-state index in [0.717, 1.165) is 0 Å². The molecule has 0 radical (unpaired) electrons. The number of hydrogen-bond donors (Lipinski definition) is 1. The van der Waals surface area contributed by atoms with Gasteiger partial charge in [0.2, 0.25) is 6.79 Å². The number of carbonyl (C=O) groups is 1. The Bertz CT molecular complexity index is 850. The van der Waals surface area contributed by atoms with E-state index in [0.29, 0.717) is 39.9 Å². The molecule has 0 fully saturated rings. The minimum absolute atomic E-state index is 0.150. The van der Waals surface area contributed by atoms with Crippen molar-refractivity contribution in [1.82, 2.24) is 5.43 Å². The molecule has 1 aliphatic heterocycles. The van der Waals surface area contributed by atoms with Gasteiger partial charge in [0.15, 0.2) is 23.0 Å². The number of benzene rings is 2. The Morgan fingerprint density at radius 2 is 1.69 bits per heavy atom. The maximum Gasteiger partial charge on any atom is 0.271 e. The molecule has 2 aromatic rings. The quantitative estimate of drug-likeness (QED) is 0.629. The molecule has 3 rings (SSSR count). The second-order valence-electron chi connectivity index (χ2n) is 5.22. The van der Waals surface area contributed by atoms with Gasteiger partial charge in [-0.2, -0.15) is 5.10 Å². The molecule has 0 bridgehead atoms. The summed E-state index contributed by atoms with van der Waals surface area (Å²) < 4.78 is 26.3. The van der Waals surface area contributed by atoms with Gasteiger partial charge in [-0.15, -0.1) is 0 Å². The number of ether oxygens (including phenoxy) is 5. The Morgan fingerprint density at radius 3 is 2.42 bits per heavy atom. The zero-order chi connectivity index (χ0) is 18.5. The molecular formula is C18H18N2O6. The van der Waals surface area contributed by atoms with Crippen molar-refractivity contribution in [2.24, 2.45) is 5.10 Å². The maximum atomic E-state index is 12.2. The van der Waals surface area contributed by atoms with E-state index in [1.807, 2.05) is 0 Å². The monoisotopic (exact) mass is 358 g/mol. The van der Waals surface area contributed by atoms with Crippen molar-refractivity contribution < 1.29 is 28.5 Å². The lowest BCUT2D eigenvalue weighted by Crippen LogP contribution is -2.17. The highest BCUT2D eigenvalue weighted by molar-refractivity contribution is 5.95. The summed E-state index contributed by atoms with van der Waals surface area (Å²) in [6.07, 6.45) is 1.46. The number of carbonyl (C=O) groups excluding carboxylic acids is 1. The number of amides is 1. The minimum atomic E-state index is -0.376. The Kier molecular flexibility index (Phi) is 5.12. The molecular weight excluding hydrogens is 340 g/mol. The molecule has 1 amide bonds. The van der Waals surface area contributed by atoms with E-state index in [9.17, 15) is 4.79 Å². The average Bonchev–Trinajstić information content (AvgIpc) is 3.15. The number of hydrogen-bond acceptors (Lipinski definition) is 7. The van der Waals surface area contributed by atoms with Gasteiger partial charge in [-0.05, 0) is 24.3 Å². The number of fused-ring (bicyclic) bond motifs is 1. The SMILES string of the molecule is COc1cc(OC)c(OC)cc1C=NNC(=O)c1ccc2c(c1)OCO2. The van der Waals surface area contributed by atoms with Gasteiger partial charge in [0, 0.05) is 17.2 Å². The second kappa shape index (κ2) is 7.64. The zero-order valence-corrected chi connectivity index (χ0v) is 14.6. The highest BCUT2D eigenvalue weighted by Gasteiger charge is 2.16. The van der Waals surface area contributed by atoms with Crippen LogP contribution in [0.2, 0.25) is 0 Å². The van der Waals surface area contributed by atoms with Crippen LogP contribution in [0, 0.1) is 0 Å². The Morgan fingerprint density at radius 1 is 1.00 bits per heavy atom. The van der Waals surface area contributed by atoms with Crippen molar-refractivity contribution in [1.29, 1.82) is 0 Å². The number of nitrogens with one attached hydrogen (secondary N) is 1. The lowest BCUT2D eigenvalue weighted by atomic mass is 10.2. The van der Waals surface area contributed by atoms with Gasteiger partial charge >= 0.3 is 0 Å². The highest BCUT2D eigenvalue weighted by atomic mass is 16.7. The van der Waals surface area contributed by atoms with Crippen molar-refractivity contribution in [2.45, 2.75) is 0 Å². The molecule has 2 aromatic carbocycles. The van der Waals surface area contributed by atoms with E-state index in [-0.39, 0.29) is 12.7 Å². The fraction of sp³-hybridized carbons (Fsp3) is 0.222. The molecule has 1 aliphatic rings. The van der Waals surface area contributed by atoms with Crippen LogP contribution in [0.1, 0.15) is 15.9 Å². The smallest absolute Gasteiger partial charge is 0.271 e. The normalized spacial score (nSPS) is 12.1. The molecule has 0 spiro atoms. The Hall–Kier alpha value is -3.42. The first kappa shape index (κ1) is 17.4.